The largest absolute Gasteiger partial charge is 0.448 e. The maximum Gasteiger partial charge on any atom is 0.273 e. The zero-order valence-corrected chi connectivity index (χ0v) is 15.5. The van der Waals surface area contributed by atoms with E-state index in [2.05, 4.69) is 27.4 Å². The van der Waals surface area contributed by atoms with Crippen LogP contribution in [0.15, 0.2) is 47.3 Å². The predicted molar refractivity (Wildman–Crippen MR) is 99.6 cm³/mol. The number of aryl methyl sites for hydroxylation is 1. The van der Waals surface area contributed by atoms with Gasteiger partial charge in [-0.3, -0.25) is 9.78 Å². The molecule has 0 saturated heterocycles. The highest BCUT2D eigenvalue weighted by atomic mass is 16.3. The Hall–Kier alpha value is -2.95. The van der Waals surface area contributed by atoms with Gasteiger partial charge in [-0.2, -0.15) is 0 Å². The Bertz CT molecular complexity index is 909. The number of benzene rings is 1. The van der Waals surface area contributed by atoms with Gasteiger partial charge in [0.2, 0.25) is 0 Å². The Morgan fingerprint density at radius 2 is 2.08 bits per heavy atom. The van der Waals surface area contributed by atoms with Gasteiger partial charge in [0.1, 0.15) is 6.26 Å². The Labute approximate surface area is 153 Å². The predicted octanol–water partition coefficient (Wildman–Crippen LogP) is 4.07. The lowest BCUT2D eigenvalue weighted by Crippen LogP contribution is -2.24. The highest BCUT2D eigenvalue weighted by Crippen LogP contribution is 2.22. The van der Waals surface area contributed by atoms with Gasteiger partial charge in [-0.05, 0) is 35.2 Å². The lowest BCUT2D eigenvalue weighted by Gasteiger charge is -2.12. The third-order valence-corrected chi connectivity index (χ3v) is 4.09. The molecule has 26 heavy (non-hydrogen) atoms. The minimum absolute atomic E-state index is 0.227. The van der Waals surface area contributed by atoms with Gasteiger partial charge in [0.15, 0.2) is 11.6 Å². The van der Waals surface area contributed by atoms with Crippen molar-refractivity contribution in [3.63, 3.8) is 0 Å². The van der Waals surface area contributed by atoms with E-state index >= 15 is 0 Å². The second-order valence-electron chi connectivity index (χ2n) is 7.26. The molecule has 0 unspecified atom stereocenters. The summed E-state index contributed by atoms with van der Waals surface area (Å²) >= 11 is 0. The van der Waals surface area contributed by atoms with Crippen molar-refractivity contribution < 1.29 is 9.21 Å². The summed E-state index contributed by atoms with van der Waals surface area (Å²) in [4.78, 5) is 20.6. The van der Waals surface area contributed by atoms with E-state index in [4.69, 9.17) is 4.42 Å². The lowest BCUT2D eigenvalue weighted by molar-refractivity contribution is 0.0946. The Kier molecular flexibility index (Phi) is 4.89. The third-order valence-electron chi connectivity index (χ3n) is 4.09. The van der Waals surface area contributed by atoms with Crippen molar-refractivity contribution in [2.24, 2.45) is 0 Å². The normalized spacial score (nSPS) is 11.4. The molecule has 0 aliphatic carbocycles. The molecular weight excluding hydrogens is 326 g/mol. The smallest absolute Gasteiger partial charge is 0.273 e. The first-order valence-corrected chi connectivity index (χ1v) is 8.50. The molecule has 0 aliphatic heterocycles. The summed E-state index contributed by atoms with van der Waals surface area (Å²) in [7, 11) is 0. The average molecular weight is 348 g/mol. The van der Waals surface area contributed by atoms with Gasteiger partial charge >= 0.3 is 0 Å². The summed E-state index contributed by atoms with van der Waals surface area (Å²) in [6, 6.07) is 11.2. The van der Waals surface area contributed by atoms with E-state index in [0.717, 1.165) is 22.3 Å². The van der Waals surface area contributed by atoms with Crippen molar-refractivity contribution >= 4 is 5.91 Å². The number of hydrogen-bond donors (Lipinski definition) is 1. The molecule has 133 valence electrons. The number of oxazole rings is 1. The molecule has 5 heteroatoms. The van der Waals surface area contributed by atoms with E-state index in [-0.39, 0.29) is 11.3 Å². The van der Waals surface area contributed by atoms with E-state index in [0.29, 0.717) is 18.1 Å². The van der Waals surface area contributed by atoms with Crippen LogP contribution < -0.4 is 5.32 Å². The summed E-state index contributed by atoms with van der Waals surface area (Å²) < 4.78 is 5.41. The first kappa shape index (κ1) is 17.9. The monoisotopic (exact) mass is 348 g/mol. The number of carbonyl (C=O) groups excluding carboxylic acids is 1. The fourth-order valence-corrected chi connectivity index (χ4v) is 2.55. The second-order valence-corrected chi connectivity index (χ2v) is 7.26. The Balaban J connectivity index is 1.68. The number of rotatable bonds is 4. The van der Waals surface area contributed by atoms with Crippen LogP contribution in [0.1, 0.15) is 48.3 Å². The molecular formula is C21H22N3O2. The summed E-state index contributed by atoms with van der Waals surface area (Å²) in [6.45, 7) is 8.44. The van der Waals surface area contributed by atoms with Crippen molar-refractivity contribution in [2.75, 3.05) is 0 Å². The van der Waals surface area contributed by atoms with Crippen molar-refractivity contribution in [3.05, 3.63) is 71.7 Å². The van der Waals surface area contributed by atoms with Crippen molar-refractivity contribution in [1.29, 1.82) is 0 Å². The number of amides is 1. The van der Waals surface area contributed by atoms with Gasteiger partial charge in [-0.25, -0.2) is 4.98 Å². The van der Waals surface area contributed by atoms with Gasteiger partial charge < -0.3 is 9.73 Å². The van der Waals surface area contributed by atoms with E-state index in [1.165, 1.54) is 6.26 Å². The maximum absolute atomic E-state index is 12.3. The molecule has 1 amide bonds. The Morgan fingerprint density at radius 1 is 1.27 bits per heavy atom. The molecule has 1 N–H and O–H groups in total. The third kappa shape index (κ3) is 3.99. The molecule has 0 bridgehead atoms. The second kappa shape index (κ2) is 7.12. The molecule has 0 saturated carbocycles. The number of pyridine rings is 1. The summed E-state index contributed by atoms with van der Waals surface area (Å²) in [5.41, 5.74) is 4.30. The topological polar surface area (TPSA) is 68.0 Å². The summed E-state index contributed by atoms with van der Waals surface area (Å²) in [5.74, 6) is 0.312. The summed E-state index contributed by atoms with van der Waals surface area (Å²) in [6.07, 6.45) is 4.81. The quantitative estimate of drug-likeness (QED) is 0.771. The molecule has 2 aromatic heterocycles. The SMILES string of the molecule is Cc1cc(-c2[c]cncc2)ccc1CNC(=O)c1coc(C(C)(C)C)n1. The van der Waals surface area contributed by atoms with Crippen LogP contribution in [0, 0.1) is 13.0 Å². The van der Waals surface area contributed by atoms with Crippen LogP contribution in [0.25, 0.3) is 11.1 Å². The number of nitrogens with one attached hydrogen (secondary N) is 1. The first-order chi connectivity index (χ1) is 12.3. The standard InChI is InChI=1S/C21H22N3O2/c1-14-11-16(15-7-9-22-10-8-15)5-6-17(14)12-23-19(25)18-13-26-20(24-18)21(2,3)4/h5-7,9-11,13H,12H2,1-4H3,(H,23,25). The highest BCUT2D eigenvalue weighted by molar-refractivity contribution is 5.91. The van der Waals surface area contributed by atoms with E-state index < -0.39 is 0 Å². The van der Waals surface area contributed by atoms with Gasteiger partial charge in [-0.1, -0.05) is 39.0 Å². The van der Waals surface area contributed by atoms with Gasteiger partial charge in [0.25, 0.3) is 5.91 Å². The molecule has 5 nitrogen and oxygen atoms in total. The number of hydrogen-bond acceptors (Lipinski definition) is 4. The van der Waals surface area contributed by atoms with Gasteiger partial charge in [-0.15, -0.1) is 0 Å². The van der Waals surface area contributed by atoms with E-state index in [1.807, 2.05) is 45.9 Å². The molecule has 3 rings (SSSR count). The highest BCUT2D eigenvalue weighted by Gasteiger charge is 2.22. The van der Waals surface area contributed by atoms with Crippen LogP contribution >= 0.6 is 0 Å². The van der Waals surface area contributed by atoms with Crippen LogP contribution in [0.5, 0.6) is 0 Å². The van der Waals surface area contributed by atoms with Crippen molar-refractivity contribution in [1.82, 2.24) is 15.3 Å². The fourth-order valence-electron chi connectivity index (χ4n) is 2.55. The average Bonchev–Trinajstić information content (AvgIpc) is 3.12. The molecule has 0 fully saturated rings. The first-order valence-electron chi connectivity index (χ1n) is 8.50. The zero-order chi connectivity index (χ0) is 18.7. The molecule has 3 aromatic rings. The summed E-state index contributed by atoms with van der Waals surface area (Å²) in [5, 5.41) is 2.90. The molecule has 0 spiro atoms. The number of aromatic nitrogens is 2. The van der Waals surface area contributed by atoms with Crippen molar-refractivity contribution in [3.8, 4) is 11.1 Å². The van der Waals surface area contributed by atoms with Crippen molar-refractivity contribution in [2.45, 2.75) is 39.7 Å². The minimum Gasteiger partial charge on any atom is -0.448 e. The molecule has 1 radical (unpaired) electrons. The van der Waals surface area contributed by atoms with E-state index in [9.17, 15) is 4.79 Å². The number of nitrogens with zero attached hydrogens (tertiary/aromatic N) is 2. The lowest BCUT2D eigenvalue weighted by atomic mass is 9.97. The van der Waals surface area contributed by atoms with Crippen LogP contribution in [0.3, 0.4) is 0 Å². The maximum atomic E-state index is 12.3. The van der Waals surface area contributed by atoms with Crippen LogP contribution in [0.4, 0.5) is 0 Å². The molecule has 2 heterocycles. The van der Waals surface area contributed by atoms with Crippen LogP contribution in [-0.4, -0.2) is 15.9 Å². The van der Waals surface area contributed by atoms with Gasteiger partial charge in [0, 0.05) is 30.4 Å². The number of carbonyl (C=O) groups is 1. The molecule has 0 aliphatic rings. The van der Waals surface area contributed by atoms with E-state index in [1.54, 1.807) is 12.4 Å². The minimum atomic E-state index is -0.241. The Morgan fingerprint density at radius 3 is 2.69 bits per heavy atom. The van der Waals surface area contributed by atoms with Crippen LogP contribution in [0.2, 0.25) is 0 Å². The van der Waals surface area contributed by atoms with Gasteiger partial charge in [0.05, 0.1) is 0 Å². The van der Waals surface area contributed by atoms with Crippen LogP contribution in [-0.2, 0) is 12.0 Å². The molecule has 0 atom stereocenters. The molecule has 1 aromatic carbocycles. The zero-order valence-electron chi connectivity index (χ0n) is 15.5. The fraction of sp³-hybridized carbons (Fsp3) is 0.286.